The molecule has 0 amide bonds. The van der Waals surface area contributed by atoms with E-state index in [9.17, 15) is 8.78 Å². The lowest BCUT2D eigenvalue weighted by Gasteiger charge is -2.02. The number of nitrogens with zero attached hydrogens (tertiary/aromatic N) is 1. The topological polar surface area (TPSA) is 64.2 Å². The van der Waals surface area contributed by atoms with Crippen molar-refractivity contribution in [1.82, 2.24) is 0 Å². The number of nitriles is 1. The van der Waals surface area contributed by atoms with Crippen molar-refractivity contribution in [2.24, 2.45) is 0 Å². The molecule has 0 aliphatic rings. The van der Waals surface area contributed by atoms with Crippen LogP contribution >= 0.6 is 0 Å². The first-order valence-electron chi connectivity index (χ1n) is 3.31. The monoisotopic (exact) mass is 183 g/mol. The van der Waals surface area contributed by atoms with E-state index in [-0.39, 0.29) is 5.56 Å². The van der Waals surface area contributed by atoms with Gasteiger partial charge in [0.15, 0.2) is 0 Å². The zero-order valence-electron chi connectivity index (χ0n) is 6.33. The van der Waals surface area contributed by atoms with E-state index >= 15 is 0 Å². The molecule has 0 saturated heterocycles. The van der Waals surface area contributed by atoms with Crippen molar-refractivity contribution in [3.05, 3.63) is 29.3 Å². The van der Waals surface area contributed by atoms with E-state index in [1.165, 1.54) is 6.07 Å². The Labute approximate surface area is 73.0 Å². The summed E-state index contributed by atoms with van der Waals surface area (Å²) in [5, 5.41) is 25.4. The Balaban J connectivity index is 3.33. The molecule has 3 nitrogen and oxygen atoms in total. The Morgan fingerprint density at radius 3 is 2.00 bits per heavy atom. The minimum atomic E-state index is -2.22. The lowest BCUT2D eigenvalue weighted by molar-refractivity contribution is 0.419. The lowest BCUT2D eigenvalue weighted by Crippen LogP contribution is -2.35. The molecule has 13 heavy (non-hydrogen) atoms. The first-order chi connectivity index (χ1) is 6.06. The molecular weight excluding hydrogens is 179 g/mol. The molecule has 0 spiro atoms. The van der Waals surface area contributed by atoms with E-state index in [0.717, 1.165) is 12.1 Å². The fraction of sp³-hybridized carbons (Fsp3) is 0. The van der Waals surface area contributed by atoms with Gasteiger partial charge in [0.25, 0.3) is 0 Å². The van der Waals surface area contributed by atoms with E-state index < -0.39 is 24.2 Å². The summed E-state index contributed by atoms with van der Waals surface area (Å²) in [6.45, 7) is 0. The summed E-state index contributed by atoms with van der Waals surface area (Å²) in [7, 11) is -2.22. The molecule has 0 aliphatic carbocycles. The third-order valence-corrected chi connectivity index (χ3v) is 1.47. The number of halogens is 2. The smallest absolute Gasteiger partial charge is 0.423 e. The molecule has 0 aliphatic heterocycles. The van der Waals surface area contributed by atoms with Crippen molar-refractivity contribution in [1.29, 1.82) is 5.26 Å². The molecule has 0 bridgehead atoms. The van der Waals surface area contributed by atoms with Gasteiger partial charge in [-0.3, -0.25) is 0 Å². The summed E-state index contributed by atoms with van der Waals surface area (Å²) in [5.74, 6) is -2.29. The van der Waals surface area contributed by atoms with Crippen molar-refractivity contribution in [2.45, 2.75) is 0 Å². The van der Waals surface area contributed by atoms with Gasteiger partial charge in [0.2, 0.25) is 0 Å². The molecular formula is C7H4BF2NO2. The number of hydrogen-bond donors (Lipinski definition) is 2. The van der Waals surface area contributed by atoms with Gasteiger partial charge >= 0.3 is 7.12 Å². The maximum absolute atomic E-state index is 12.8. The highest BCUT2D eigenvalue weighted by atomic mass is 19.1. The number of hydrogen-bond acceptors (Lipinski definition) is 3. The third kappa shape index (κ3) is 1.83. The molecule has 1 aromatic carbocycles. The van der Waals surface area contributed by atoms with Gasteiger partial charge in [-0.1, -0.05) is 0 Å². The SMILES string of the molecule is N#Cc1cc(F)c(B(O)O)c(F)c1. The highest BCUT2D eigenvalue weighted by Gasteiger charge is 2.22. The first kappa shape index (κ1) is 9.64. The van der Waals surface area contributed by atoms with Gasteiger partial charge in [-0.05, 0) is 12.1 Å². The van der Waals surface area contributed by atoms with Gasteiger partial charge < -0.3 is 10.0 Å². The second-order valence-corrected chi connectivity index (χ2v) is 2.34. The molecule has 0 aromatic heterocycles. The average molecular weight is 183 g/mol. The number of rotatable bonds is 1. The standard InChI is InChI=1S/C7H4BF2NO2/c9-5-1-4(3-11)2-6(10)7(5)8(12)13/h1-2,12-13H. The van der Waals surface area contributed by atoms with Crippen LogP contribution in [0.2, 0.25) is 0 Å². The lowest BCUT2D eigenvalue weighted by atomic mass is 9.79. The van der Waals surface area contributed by atoms with Crippen LogP contribution in [-0.2, 0) is 0 Å². The van der Waals surface area contributed by atoms with E-state index in [4.69, 9.17) is 15.3 Å². The molecule has 0 heterocycles. The van der Waals surface area contributed by atoms with Crippen molar-refractivity contribution >= 4 is 12.6 Å². The Hall–Kier alpha value is -1.45. The molecule has 0 fully saturated rings. The molecule has 1 aromatic rings. The first-order valence-corrected chi connectivity index (χ1v) is 3.31. The van der Waals surface area contributed by atoms with Crippen molar-refractivity contribution in [2.75, 3.05) is 0 Å². The Morgan fingerprint density at radius 1 is 1.23 bits per heavy atom. The fourth-order valence-corrected chi connectivity index (χ4v) is 0.896. The Bertz CT molecular complexity index is 352. The van der Waals surface area contributed by atoms with Gasteiger partial charge in [-0.15, -0.1) is 0 Å². The highest BCUT2D eigenvalue weighted by Crippen LogP contribution is 2.05. The van der Waals surface area contributed by atoms with Crippen LogP contribution in [0.5, 0.6) is 0 Å². The van der Waals surface area contributed by atoms with Crippen molar-refractivity contribution < 1.29 is 18.8 Å². The zero-order valence-corrected chi connectivity index (χ0v) is 6.33. The normalized spacial score (nSPS) is 9.46. The summed E-state index contributed by atoms with van der Waals surface area (Å²) < 4.78 is 25.7. The molecule has 0 saturated carbocycles. The van der Waals surface area contributed by atoms with E-state index in [1.807, 2.05) is 0 Å². The van der Waals surface area contributed by atoms with Gasteiger partial charge in [0.05, 0.1) is 17.1 Å². The second kappa shape index (κ2) is 3.52. The second-order valence-electron chi connectivity index (χ2n) is 2.34. The molecule has 0 atom stereocenters. The molecule has 6 heteroatoms. The summed E-state index contributed by atoms with van der Waals surface area (Å²) in [4.78, 5) is 0. The number of benzene rings is 1. The third-order valence-electron chi connectivity index (χ3n) is 1.47. The van der Waals surface area contributed by atoms with Crippen LogP contribution in [0.15, 0.2) is 12.1 Å². The van der Waals surface area contributed by atoms with Crippen molar-refractivity contribution in [3.8, 4) is 6.07 Å². The minimum Gasteiger partial charge on any atom is -0.423 e. The Kier molecular flexibility index (Phi) is 2.61. The van der Waals surface area contributed by atoms with Crippen LogP contribution < -0.4 is 5.46 Å². The summed E-state index contributed by atoms with van der Waals surface area (Å²) in [6.07, 6.45) is 0. The maximum atomic E-state index is 12.8. The predicted octanol–water partition coefficient (Wildman–Crippen LogP) is -0.484. The maximum Gasteiger partial charge on any atom is 0.494 e. The average Bonchev–Trinajstić information content (AvgIpc) is 2.02. The quantitative estimate of drug-likeness (QED) is 0.577. The molecule has 0 unspecified atom stereocenters. The summed E-state index contributed by atoms with van der Waals surface area (Å²) in [6, 6.07) is 3.00. The van der Waals surface area contributed by atoms with Crippen molar-refractivity contribution in [3.63, 3.8) is 0 Å². The molecule has 0 radical (unpaired) electrons. The molecule has 66 valence electrons. The fourth-order valence-electron chi connectivity index (χ4n) is 0.896. The van der Waals surface area contributed by atoms with E-state index in [1.54, 1.807) is 0 Å². The van der Waals surface area contributed by atoms with Crippen LogP contribution in [-0.4, -0.2) is 17.2 Å². The van der Waals surface area contributed by atoms with Crippen LogP contribution in [0.25, 0.3) is 0 Å². The summed E-state index contributed by atoms with van der Waals surface area (Å²) >= 11 is 0. The van der Waals surface area contributed by atoms with E-state index in [0.29, 0.717) is 0 Å². The Morgan fingerprint density at radius 2 is 1.69 bits per heavy atom. The van der Waals surface area contributed by atoms with Crippen LogP contribution in [0.4, 0.5) is 8.78 Å². The van der Waals surface area contributed by atoms with E-state index in [2.05, 4.69) is 0 Å². The van der Waals surface area contributed by atoms with Gasteiger partial charge in [0.1, 0.15) is 11.6 Å². The van der Waals surface area contributed by atoms with Crippen LogP contribution in [0.1, 0.15) is 5.56 Å². The zero-order chi connectivity index (χ0) is 10.0. The predicted molar refractivity (Wildman–Crippen MR) is 40.9 cm³/mol. The van der Waals surface area contributed by atoms with Gasteiger partial charge in [0, 0.05) is 0 Å². The van der Waals surface area contributed by atoms with Gasteiger partial charge in [-0.2, -0.15) is 5.26 Å². The van der Waals surface area contributed by atoms with Crippen LogP contribution in [0, 0.1) is 23.0 Å². The minimum absolute atomic E-state index is 0.209. The summed E-state index contributed by atoms with van der Waals surface area (Å²) in [5.41, 5.74) is -1.06. The molecule has 1 rings (SSSR count). The van der Waals surface area contributed by atoms with Gasteiger partial charge in [-0.25, -0.2) is 8.78 Å². The van der Waals surface area contributed by atoms with Crippen LogP contribution in [0.3, 0.4) is 0 Å². The highest BCUT2D eigenvalue weighted by molar-refractivity contribution is 6.58. The molecule has 2 N–H and O–H groups in total. The largest absolute Gasteiger partial charge is 0.494 e.